The van der Waals surface area contributed by atoms with Crippen LogP contribution in [0.3, 0.4) is 0 Å². The van der Waals surface area contributed by atoms with Crippen molar-refractivity contribution in [1.82, 2.24) is 16.0 Å². The van der Waals surface area contributed by atoms with Crippen LogP contribution in [0, 0.1) is 0 Å². The predicted octanol–water partition coefficient (Wildman–Crippen LogP) is -3.19. The molecule has 3 unspecified atom stereocenters. The van der Waals surface area contributed by atoms with Crippen LogP contribution in [0.5, 0.6) is 0 Å². The van der Waals surface area contributed by atoms with Crippen molar-refractivity contribution in [2.45, 2.75) is 50.2 Å². The fraction of sp³-hybridized carbons (Fsp3) is 0.688. The van der Waals surface area contributed by atoms with Gasteiger partial charge < -0.3 is 38.3 Å². The van der Waals surface area contributed by atoms with E-state index in [0.717, 1.165) is 0 Å². The van der Waals surface area contributed by atoms with Gasteiger partial charge in [0.25, 0.3) is 0 Å². The summed E-state index contributed by atoms with van der Waals surface area (Å²) in [5, 5.41) is 16.3. The van der Waals surface area contributed by atoms with Crippen LogP contribution >= 0.6 is 12.6 Å². The highest BCUT2D eigenvalue weighted by molar-refractivity contribution is 7.80. The molecule has 0 aromatic rings. The quantitative estimate of drug-likeness (QED) is 0.0966. The van der Waals surface area contributed by atoms with E-state index in [1.54, 1.807) is 0 Å². The molecule has 166 valence electrons. The van der Waals surface area contributed by atoms with E-state index in [9.17, 15) is 29.1 Å². The van der Waals surface area contributed by atoms with Gasteiger partial charge in [-0.2, -0.15) is 12.6 Å². The summed E-state index contributed by atoms with van der Waals surface area (Å²) in [6.07, 6.45) is 0.863. The molecule has 4 amide bonds. The number of carbonyl (C=O) groups is 5. The first-order chi connectivity index (χ1) is 13.7. The first kappa shape index (κ1) is 26.6. The molecule has 0 aromatic carbocycles. The molecule has 13 heteroatoms. The Labute approximate surface area is 174 Å². The van der Waals surface area contributed by atoms with Crippen molar-refractivity contribution in [3.05, 3.63) is 0 Å². The van der Waals surface area contributed by atoms with Crippen molar-refractivity contribution >= 4 is 42.2 Å². The molecule has 0 aliphatic rings. The molecule has 0 fully saturated rings. The lowest BCUT2D eigenvalue weighted by Gasteiger charge is -2.23. The number of nitrogens with one attached hydrogen (secondary N) is 3. The molecule has 0 bridgehead atoms. The number of amides is 4. The summed E-state index contributed by atoms with van der Waals surface area (Å²) >= 11 is 3.98. The number of aliphatic carboxylic acids is 1. The number of nitrogens with two attached hydrogens (primary N) is 3. The van der Waals surface area contributed by atoms with E-state index in [1.165, 1.54) is 0 Å². The molecule has 0 saturated heterocycles. The first-order valence-electron chi connectivity index (χ1n) is 9.08. The topological polar surface area (TPSA) is 220 Å². The van der Waals surface area contributed by atoms with Crippen LogP contribution in [-0.2, 0) is 24.0 Å². The molecule has 10 N–H and O–H groups in total. The van der Waals surface area contributed by atoms with Gasteiger partial charge in [-0.3, -0.25) is 19.2 Å². The number of primary amides is 1. The first-order valence-corrected chi connectivity index (χ1v) is 9.71. The molecule has 12 nitrogen and oxygen atoms in total. The number of hydrogen-bond acceptors (Lipinski definition) is 8. The van der Waals surface area contributed by atoms with E-state index in [-0.39, 0.29) is 31.6 Å². The van der Waals surface area contributed by atoms with Crippen molar-refractivity contribution in [2.75, 3.05) is 18.8 Å². The van der Waals surface area contributed by atoms with Crippen LogP contribution in [0.15, 0.2) is 0 Å². The second kappa shape index (κ2) is 14.6. The van der Waals surface area contributed by atoms with Crippen LogP contribution in [0.1, 0.15) is 32.1 Å². The Hall–Kier alpha value is -2.38. The largest absolute Gasteiger partial charge is 0.480 e. The molecule has 0 spiro atoms. The normalized spacial score (nSPS) is 13.6. The summed E-state index contributed by atoms with van der Waals surface area (Å²) in [5.41, 5.74) is 15.7. The van der Waals surface area contributed by atoms with Gasteiger partial charge in [-0.25, -0.2) is 4.79 Å². The second-order valence-corrected chi connectivity index (χ2v) is 6.62. The number of thiol groups is 1. The van der Waals surface area contributed by atoms with Gasteiger partial charge in [0.2, 0.25) is 23.6 Å². The summed E-state index contributed by atoms with van der Waals surface area (Å²) in [6.45, 7) is 0.0451. The zero-order valence-electron chi connectivity index (χ0n) is 16.1. The minimum absolute atomic E-state index is 0.0709. The maximum atomic E-state index is 12.5. The molecule has 0 aromatic heterocycles. The van der Waals surface area contributed by atoms with Crippen LogP contribution in [0.25, 0.3) is 0 Å². The number of carboxylic acid groups (broad SMARTS) is 1. The highest BCUT2D eigenvalue weighted by Gasteiger charge is 2.29. The minimum Gasteiger partial charge on any atom is -0.480 e. The molecule has 0 heterocycles. The lowest BCUT2D eigenvalue weighted by molar-refractivity contribution is -0.142. The average molecular weight is 435 g/mol. The van der Waals surface area contributed by atoms with Crippen molar-refractivity contribution in [3.8, 4) is 0 Å². The summed E-state index contributed by atoms with van der Waals surface area (Å²) in [6, 6.07) is -3.48. The summed E-state index contributed by atoms with van der Waals surface area (Å²) < 4.78 is 0. The van der Waals surface area contributed by atoms with Gasteiger partial charge in [-0.05, 0) is 32.2 Å². The van der Waals surface area contributed by atoms with E-state index in [2.05, 4.69) is 28.6 Å². The smallest absolute Gasteiger partial charge is 0.326 e. The summed E-state index contributed by atoms with van der Waals surface area (Å²) in [7, 11) is 0. The van der Waals surface area contributed by atoms with E-state index >= 15 is 0 Å². The fourth-order valence-corrected chi connectivity index (χ4v) is 2.55. The molecular weight excluding hydrogens is 404 g/mol. The highest BCUT2D eigenvalue weighted by atomic mass is 32.1. The Morgan fingerprint density at radius 1 is 0.862 bits per heavy atom. The van der Waals surface area contributed by atoms with Gasteiger partial charge in [0, 0.05) is 12.2 Å². The van der Waals surface area contributed by atoms with Gasteiger partial charge in [0.15, 0.2) is 0 Å². The van der Waals surface area contributed by atoms with E-state index in [1.807, 2.05) is 0 Å². The second-order valence-electron chi connectivity index (χ2n) is 6.26. The third kappa shape index (κ3) is 11.3. The lowest BCUT2D eigenvalue weighted by atomic mass is 10.1. The van der Waals surface area contributed by atoms with Crippen molar-refractivity contribution in [2.24, 2.45) is 17.2 Å². The number of hydrogen-bond donors (Lipinski definition) is 8. The predicted molar refractivity (Wildman–Crippen MR) is 108 cm³/mol. The lowest BCUT2D eigenvalue weighted by Crippen LogP contribution is -2.56. The van der Waals surface area contributed by atoms with Gasteiger partial charge in [0.05, 0.1) is 6.54 Å². The fourth-order valence-electron chi connectivity index (χ4n) is 2.30. The van der Waals surface area contributed by atoms with Crippen LogP contribution in [0.4, 0.5) is 0 Å². The number of carboxylic acids is 1. The van der Waals surface area contributed by atoms with Gasteiger partial charge in [-0.15, -0.1) is 0 Å². The maximum Gasteiger partial charge on any atom is 0.326 e. The average Bonchev–Trinajstić information content (AvgIpc) is 2.67. The summed E-state index contributed by atoms with van der Waals surface area (Å²) in [4.78, 5) is 58.8. The third-order valence-corrected chi connectivity index (χ3v) is 4.26. The van der Waals surface area contributed by atoms with E-state index in [0.29, 0.717) is 19.4 Å². The molecule has 0 rings (SSSR count). The summed E-state index contributed by atoms with van der Waals surface area (Å²) in [5.74, 6) is -4.12. The molecule has 3 atom stereocenters. The Kier molecular flexibility index (Phi) is 13.4. The van der Waals surface area contributed by atoms with Crippen molar-refractivity contribution in [1.29, 1.82) is 0 Å². The standard InChI is InChI=1S/C16H30N6O6S/c17-6-2-1-3-10(16(27)28)22-14(25)9(4-5-12(19)23)21-15(26)11(8-29)20-13(24)7-18/h9-11,29H,1-8,17-18H2,(H2,19,23)(H,20,24)(H,21,26)(H,22,25)(H,27,28). The van der Waals surface area contributed by atoms with Crippen LogP contribution < -0.4 is 33.2 Å². The Morgan fingerprint density at radius 3 is 1.93 bits per heavy atom. The van der Waals surface area contributed by atoms with Gasteiger partial charge in [-0.1, -0.05) is 0 Å². The highest BCUT2D eigenvalue weighted by Crippen LogP contribution is 2.05. The maximum absolute atomic E-state index is 12.5. The third-order valence-electron chi connectivity index (χ3n) is 3.89. The SMILES string of the molecule is NCCCCC(NC(=O)C(CCC(N)=O)NC(=O)C(CS)NC(=O)CN)C(=O)O. The molecule has 0 radical (unpaired) electrons. The monoisotopic (exact) mass is 434 g/mol. The molecular formula is C16H30N6O6S. The zero-order chi connectivity index (χ0) is 22.4. The molecule has 0 aliphatic heterocycles. The number of rotatable bonds is 15. The molecule has 29 heavy (non-hydrogen) atoms. The van der Waals surface area contributed by atoms with Gasteiger partial charge in [0.1, 0.15) is 18.1 Å². The molecule has 0 saturated carbocycles. The Morgan fingerprint density at radius 2 is 1.45 bits per heavy atom. The number of unbranched alkanes of at least 4 members (excludes halogenated alkanes) is 1. The Balaban J connectivity index is 5.18. The number of carbonyl (C=O) groups excluding carboxylic acids is 4. The van der Waals surface area contributed by atoms with Crippen LogP contribution in [0.2, 0.25) is 0 Å². The Bertz CT molecular complexity index is 590. The van der Waals surface area contributed by atoms with Gasteiger partial charge >= 0.3 is 5.97 Å². The van der Waals surface area contributed by atoms with E-state index < -0.39 is 47.7 Å². The molecule has 0 aliphatic carbocycles. The minimum atomic E-state index is -1.24. The zero-order valence-corrected chi connectivity index (χ0v) is 17.0. The van der Waals surface area contributed by atoms with Crippen molar-refractivity contribution in [3.63, 3.8) is 0 Å². The van der Waals surface area contributed by atoms with E-state index in [4.69, 9.17) is 17.2 Å². The van der Waals surface area contributed by atoms with Crippen molar-refractivity contribution < 1.29 is 29.1 Å². The van der Waals surface area contributed by atoms with Crippen LogP contribution in [-0.4, -0.2) is 71.7 Å².